The molecule has 144 valence electrons. The molecule has 0 saturated heterocycles. The van der Waals surface area contributed by atoms with Crippen LogP contribution in [0.2, 0.25) is 0 Å². The SMILES string of the molecule is CCC(CC)(CN)C(=O)Nc1cccc(OCC(=O)Nc2ccccc2)c1. The van der Waals surface area contributed by atoms with Gasteiger partial charge in [-0.15, -0.1) is 0 Å². The molecule has 6 heteroatoms. The molecule has 0 heterocycles. The van der Waals surface area contributed by atoms with E-state index >= 15 is 0 Å². The molecule has 0 bridgehead atoms. The van der Waals surface area contributed by atoms with Crippen molar-refractivity contribution >= 4 is 23.2 Å². The molecule has 2 rings (SSSR count). The summed E-state index contributed by atoms with van der Waals surface area (Å²) in [7, 11) is 0. The molecule has 0 aliphatic carbocycles. The lowest BCUT2D eigenvalue weighted by Gasteiger charge is -2.28. The largest absolute Gasteiger partial charge is 0.484 e. The van der Waals surface area contributed by atoms with Gasteiger partial charge in [-0.2, -0.15) is 0 Å². The highest BCUT2D eigenvalue weighted by atomic mass is 16.5. The van der Waals surface area contributed by atoms with E-state index in [1.165, 1.54) is 0 Å². The second-order valence-corrected chi connectivity index (χ2v) is 6.38. The first-order chi connectivity index (χ1) is 13.0. The average molecular weight is 369 g/mol. The van der Waals surface area contributed by atoms with Crippen molar-refractivity contribution in [2.75, 3.05) is 23.8 Å². The fourth-order valence-corrected chi connectivity index (χ4v) is 2.75. The quantitative estimate of drug-likeness (QED) is 0.631. The van der Waals surface area contributed by atoms with Crippen molar-refractivity contribution in [2.24, 2.45) is 11.1 Å². The Kier molecular flexibility index (Phi) is 7.37. The molecule has 0 aliphatic heterocycles. The fraction of sp³-hybridized carbons (Fsp3) is 0.333. The summed E-state index contributed by atoms with van der Waals surface area (Å²) in [4.78, 5) is 24.6. The van der Waals surface area contributed by atoms with Gasteiger partial charge in [-0.3, -0.25) is 9.59 Å². The lowest BCUT2D eigenvalue weighted by atomic mass is 9.81. The normalized spacial score (nSPS) is 10.9. The van der Waals surface area contributed by atoms with Gasteiger partial charge in [0.15, 0.2) is 6.61 Å². The Balaban J connectivity index is 1.95. The lowest BCUT2D eigenvalue weighted by Crippen LogP contribution is -2.41. The summed E-state index contributed by atoms with van der Waals surface area (Å²) in [5.41, 5.74) is 6.57. The van der Waals surface area contributed by atoms with Gasteiger partial charge in [0.25, 0.3) is 5.91 Å². The minimum atomic E-state index is -0.577. The number of rotatable bonds is 9. The van der Waals surface area contributed by atoms with Crippen LogP contribution in [-0.4, -0.2) is 25.0 Å². The van der Waals surface area contributed by atoms with Gasteiger partial charge in [-0.25, -0.2) is 0 Å². The zero-order valence-electron chi connectivity index (χ0n) is 15.8. The number of benzene rings is 2. The molecule has 0 atom stereocenters. The molecule has 0 aromatic heterocycles. The van der Waals surface area contributed by atoms with Gasteiger partial charge in [0.2, 0.25) is 5.91 Å². The second-order valence-electron chi connectivity index (χ2n) is 6.38. The molecule has 2 amide bonds. The van der Waals surface area contributed by atoms with E-state index in [2.05, 4.69) is 10.6 Å². The summed E-state index contributed by atoms with van der Waals surface area (Å²) < 4.78 is 5.54. The molecule has 0 aliphatic rings. The van der Waals surface area contributed by atoms with E-state index in [4.69, 9.17) is 10.5 Å². The van der Waals surface area contributed by atoms with Crippen molar-refractivity contribution in [3.63, 3.8) is 0 Å². The summed E-state index contributed by atoms with van der Waals surface area (Å²) in [6.45, 7) is 4.09. The summed E-state index contributed by atoms with van der Waals surface area (Å²) in [6.07, 6.45) is 1.34. The number of nitrogens with two attached hydrogens (primary N) is 1. The molecule has 4 N–H and O–H groups in total. The standard InChI is InChI=1S/C21H27N3O3/c1-3-21(4-2,15-22)20(26)24-17-11-8-12-18(13-17)27-14-19(25)23-16-9-6-5-7-10-16/h5-13H,3-4,14-15,22H2,1-2H3,(H,23,25)(H,24,26). The van der Waals surface area contributed by atoms with Crippen molar-refractivity contribution in [2.45, 2.75) is 26.7 Å². The third kappa shape index (κ3) is 5.56. The van der Waals surface area contributed by atoms with Crippen molar-refractivity contribution < 1.29 is 14.3 Å². The zero-order chi connectivity index (χ0) is 19.7. The van der Waals surface area contributed by atoms with E-state index in [0.717, 1.165) is 0 Å². The first kappa shape index (κ1) is 20.5. The molecule has 6 nitrogen and oxygen atoms in total. The maximum absolute atomic E-state index is 12.6. The smallest absolute Gasteiger partial charge is 0.262 e. The van der Waals surface area contributed by atoms with Crippen LogP contribution in [-0.2, 0) is 9.59 Å². The Morgan fingerprint density at radius 1 is 0.963 bits per heavy atom. The topological polar surface area (TPSA) is 93.5 Å². The predicted molar refractivity (Wildman–Crippen MR) is 108 cm³/mol. The number of para-hydroxylation sites is 1. The summed E-state index contributed by atoms with van der Waals surface area (Å²) >= 11 is 0. The van der Waals surface area contributed by atoms with Crippen molar-refractivity contribution in [3.8, 4) is 5.75 Å². The second kappa shape index (κ2) is 9.73. The molecule has 2 aromatic carbocycles. The van der Waals surface area contributed by atoms with Crippen LogP contribution in [0.1, 0.15) is 26.7 Å². The highest BCUT2D eigenvalue weighted by Gasteiger charge is 2.33. The number of nitrogens with one attached hydrogen (secondary N) is 2. The lowest BCUT2D eigenvalue weighted by molar-refractivity contribution is -0.125. The number of carbonyl (C=O) groups is 2. The van der Waals surface area contributed by atoms with Gasteiger partial charge in [-0.05, 0) is 37.1 Å². The van der Waals surface area contributed by atoms with Crippen LogP contribution in [0.15, 0.2) is 54.6 Å². The first-order valence-corrected chi connectivity index (χ1v) is 9.12. The molecule has 0 unspecified atom stereocenters. The van der Waals surface area contributed by atoms with Crippen LogP contribution in [0, 0.1) is 5.41 Å². The van der Waals surface area contributed by atoms with Crippen molar-refractivity contribution in [1.29, 1.82) is 0 Å². The number of hydrogen-bond donors (Lipinski definition) is 3. The highest BCUT2D eigenvalue weighted by molar-refractivity contribution is 5.95. The number of ether oxygens (including phenoxy) is 1. The highest BCUT2D eigenvalue weighted by Crippen LogP contribution is 2.27. The molecular formula is C21H27N3O3. The molecule has 27 heavy (non-hydrogen) atoms. The minimum Gasteiger partial charge on any atom is -0.484 e. The molecule has 0 radical (unpaired) electrons. The Morgan fingerprint density at radius 3 is 2.26 bits per heavy atom. The number of carbonyl (C=O) groups excluding carboxylic acids is 2. The third-order valence-corrected chi connectivity index (χ3v) is 4.75. The Bertz CT molecular complexity index is 750. The first-order valence-electron chi connectivity index (χ1n) is 9.12. The summed E-state index contributed by atoms with van der Waals surface area (Å²) in [5, 5.41) is 5.66. The van der Waals surface area contributed by atoms with Crippen LogP contribution >= 0.6 is 0 Å². The molecule has 2 aromatic rings. The van der Waals surface area contributed by atoms with Gasteiger partial charge in [-0.1, -0.05) is 38.1 Å². The Morgan fingerprint density at radius 2 is 1.63 bits per heavy atom. The Labute approximate surface area is 160 Å². The summed E-state index contributed by atoms with van der Waals surface area (Å²) in [5.74, 6) is 0.145. The molecule has 0 fully saturated rings. The monoisotopic (exact) mass is 369 g/mol. The van der Waals surface area contributed by atoms with Gasteiger partial charge in [0.1, 0.15) is 5.75 Å². The average Bonchev–Trinajstić information content (AvgIpc) is 2.69. The van der Waals surface area contributed by atoms with Crippen molar-refractivity contribution in [1.82, 2.24) is 0 Å². The third-order valence-electron chi connectivity index (χ3n) is 4.75. The van der Waals surface area contributed by atoms with Gasteiger partial charge in [0, 0.05) is 24.0 Å². The minimum absolute atomic E-state index is 0.103. The van der Waals surface area contributed by atoms with E-state index in [1.807, 2.05) is 32.0 Å². The van der Waals surface area contributed by atoms with Crippen LogP contribution in [0.4, 0.5) is 11.4 Å². The zero-order valence-corrected chi connectivity index (χ0v) is 15.8. The van der Waals surface area contributed by atoms with Gasteiger partial charge >= 0.3 is 0 Å². The number of anilines is 2. The van der Waals surface area contributed by atoms with Crippen LogP contribution < -0.4 is 21.1 Å². The van der Waals surface area contributed by atoms with E-state index in [9.17, 15) is 9.59 Å². The summed E-state index contributed by atoms with van der Waals surface area (Å²) in [6, 6.07) is 16.2. The Hall–Kier alpha value is -2.86. The van der Waals surface area contributed by atoms with Crippen LogP contribution in [0.3, 0.4) is 0 Å². The fourth-order valence-electron chi connectivity index (χ4n) is 2.75. The van der Waals surface area contributed by atoms with Crippen LogP contribution in [0.5, 0.6) is 5.75 Å². The maximum atomic E-state index is 12.6. The van der Waals surface area contributed by atoms with Gasteiger partial charge in [0.05, 0.1) is 5.41 Å². The number of amides is 2. The molecule has 0 saturated carbocycles. The van der Waals surface area contributed by atoms with E-state index < -0.39 is 5.41 Å². The van der Waals surface area contributed by atoms with Gasteiger partial charge < -0.3 is 21.1 Å². The van der Waals surface area contributed by atoms with Crippen molar-refractivity contribution in [3.05, 3.63) is 54.6 Å². The van der Waals surface area contributed by atoms with E-state index in [0.29, 0.717) is 36.5 Å². The predicted octanol–water partition coefficient (Wildman–Crippen LogP) is 3.41. The van der Waals surface area contributed by atoms with Crippen LogP contribution in [0.25, 0.3) is 0 Å². The maximum Gasteiger partial charge on any atom is 0.262 e. The molecular weight excluding hydrogens is 342 g/mol. The van der Waals surface area contributed by atoms with E-state index in [1.54, 1.807) is 36.4 Å². The molecule has 0 spiro atoms. The number of hydrogen-bond acceptors (Lipinski definition) is 4. The van der Waals surface area contributed by atoms with E-state index in [-0.39, 0.29) is 18.4 Å².